The predicted octanol–water partition coefficient (Wildman–Crippen LogP) is 0.852. The Labute approximate surface area is 56.1 Å². The van der Waals surface area contributed by atoms with Crippen molar-refractivity contribution in [3.63, 3.8) is 0 Å². The third-order valence-electron chi connectivity index (χ3n) is 1.87. The second-order valence-corrected chi connectivity index (χ2v) is 2.78. The highest BCUT2D eigenvalue weighted by Gasteiger charge is 2.18. The summed E-state index contributed by atoms with van der Waals surface area (Å²) in [5, 5.41) is 8.34. The van der Waals surface area contributed by atoms with Gasteiger partial charge in [0.15, 0.2) is 0 Å². The smallest absolute Gasteiger partial charge is 0.0625 e. The molecule has 1 atom stereocenters. The van der Waals surface area contributed by atoms with Crippen molar-refractivity contribution in [2.45, 2.75) is 12.8 Å². The van der Waals surface area contributed by atoms with Crippen molar-refractivity contribution in [3.05, 3.63) is 0 Å². The highest BCUT2D eigenvalue weighted by molar-refractivity contribution is 4.81. The standard InChI is InChI=1S/C7H12N2/c1-9-5-3-7(6-9)2-4-8/h7H,2-3,5-6H2,1H3/t7-/m1/s1. The van der Waals surface area contributed by atoms with Gasteiger partial charge >= 0.3 is 0 Å². The van der Waals surface area contributed by atoms with Crippen LogP contribution in [-0.4, -0.2) is 25.0 Å². The molecule has 2 heteroatoms. The molecule has 1 saturated heterocycles. The summed E-state index contributed by atoms with van der Waals surface area (Å²) in [5.74, 6) is 0.653. The maximum atomic E-state index is 8.34. The van der Waals surface area contributed by atoms with Gasteiger partial charge in [-0.15, -0.1) is 0 Å². The van der Waals surface area contributed by atoms with Crippen LogP contribution in [0.5, 0.6) is 0 Å². The molecule has 0 aliphatic carbocycles. The van der Waals surface area contributed by atoms with E-state index in [4.69, 9.17) is 5.26 Å². The first-order valence-electron chi connectivity index (χ1n) is 3.38. The van der Waals surface area contributed by atoms with Crippen LogP contribution in [0.15, 0.2) is 0 Å². The Kier molecular flexibility index (Phi) is 2.07. The fourth-order valence-corrected chi connectivity index (χ4v) is 1.32. The van der Waals surface area contributed by atoms with Gasteiger partial charge < -0.3 is 4.90 Å². The lowest BCUT2D eigenvalue weighted by Crippen LogP contribution is -2.13. The van der Waals surface area contributed by atoms with E-state index in [0.29, 0.717) is 5.92 Å². The van der Waals surface area contributed by atoms with E-state index < -0.39 is 0 Å². The number of hydrogen-bond donors (Lipinski definition) is 0. The lowest BCUT2D eigenvalue weighted by atomic mass is 10.1. The molecule has 50 valence electrons. The molecule has 1 heterocycles. The van der Waals surface area contributed by atoms with Crippen molar-refractivity contribution in [1.29, 1.82) is 5.26 Å². The largest absolute Gasteiger partial charge is 0.306 e. The van der Waals surface area contributed by atoms with Crippen LogP contribution in [-0.2, 0) is 0 Å². The van der Waals surface area contributed by atoms with Gasteiger partial charge in [0, 0.05) is 13.0 Å². The van der Waals surface area contributed by atoms with Crippen LogP contribution in [0.2, 0.25) is 0 Å². The zero-order valence-electron chi connectivity index (χ0n) is 5.80. The van der Waals surface area contributed by atoms with Gasteiger partial charge in [0.05, 0.1) is 6.07 Å². The van der Waals surface area contributed by atoms with E-state index in [0.717, 1.165) is 13.0 Å². The van der Waals surface area contributed by atoms with Gasteiger partial charge in [0.2, 0.25) is 0 Å². The van der Waals surface area contributed by atoms with Crippen LogP contribution in [0.1, 0.15) is 12.8 Å². The van der Waals surface area contributed by atoms with Crippen LogP contribution in [0, 0.1) is 17.2 Å². The van der Waals surface area contributed by atoms with Crippen molar-refractivity contribution in [2.24, 2.45) is 5.92 Å². The minimum absolute atomic E-state index is 0.653. The molecule has 1 fully saturated rings. The molecule has 0 spiro atoms. The average Bonchev–Trinajstić information content (AvgIpc) is 2.17. The van der Waals surface area contributed by atoms with E-state index in [2.05, 4.69) is 18.0 Å². The Morgan fingerprint density at radius 3 is 3.00 bits per heavy atom. The number of nitriles is 1. The highest BCUT2D eigenvalue weighted by atomic mass is 15.1. The SMILES string of the molecule is CN1CC[C@@H](CC#N)C1. The maximum Gasteiger partial charge on any atom is 0.0625 e. The lowest BCUT2D eigenvalue weighted by molar-refractivity contribution is 0.396. The van der Waals surface area contributed by atoms with Crippen molar-refractivity contribution in [2.75, 3.05) is 20.1 Å². The fourth-order valence-electron chi connectivity index (χ4n) is 1.32. The van der Waals surface area contributed by atoms with Crippen LogP contribution in [0.4, 0.5) is 0 Å². The first-order valence-corrected chi connectivity index (χ1v) is 3.38. The van der Waals surface area contributed by atoms with E-state index in [1.165, 1.54) is 13.0 Å². The predicted molar refractivity (Wildman–Crippen MR) is 35.8 cm³/mol. The van der Waals surface area contributed by atoms with E-state index >= 15 is 0 Å². The molecule has 0 aromatic heterocycles. The molecule has 2 nitrogen and oxygen atoms in total. The summed E-state index contributed by atoms with van der Waals surface area (Å²) in [5.41, 5.74) is 0. The summed E-state index contributed by atoms with van der Waals surface area (Å²) in [4.78, 5) is 2.28. The minimum atomic E-state index is 0.653. The molecule has 0 saturated carbocycles. The van der Waals surface area contributed by atoms with Gasteiger partial charge in [0.1, 0.15) is 0 Å². The van der Waals surface area contributed by atoms with Crippen LogP contribution in [0.25, 0.3) is 0 Å². The summed E-state index contributed by atoms with van der Waals surface area (Å²) in [6, 6.07) is 2.20. The molecule has 0 amide bonds. The lowest BCUT2D eigenvalue weighted by Gasteiger charge is -2.04. The van der Waals surface area contributed by atoms with Gasteiger partial charge in [0.25, 0.3) is 0 Å². The molecule has 1 aliphatic rings. The van der Waals surface area contributed by atoms with Crippen molar-refractivity contribution in [3.8, 4) is 6.07 Å². The van der Waals surface area contributed by atoms with Gasteiger partial charge in [-0.25, -0.2) is 0 Å². The second-order valence-electron chi connectivity index (χ2n) is 2.78. The zero-order chi connectivity index (χ0) is 6.69. The molecule has 0 unspecified atom stereocenters. The summed E-state index contributed by atoms with van der Waals surface area (Å²) in [6.07, 6.45) is 1.95. The van der Waals surface area contributed by atoms with Crippen molar-refractivity contribution >= 4 is 0 Å². The average molecular weight is 124 g/mol. The Hall–Kier alpha value is -0.550. The molecule has 0 bridgehead atoms. The molecule has 9 heavy (non-hydrogen) atoms. The molecule has 0 aromatic rings. The van der Waals surface area contributed by atoms with E-state index in [9.17, 15) is 0 Å². The monoisotopic (exact) mass is 124 g/mol. The summed E-state index contributed by atoms with van der Waals surface area (Å²) in [7, 11) is 2.11. The Morgan fingerprint density at radius 2 is 2.56 bits per heavy atom. The molecule has 0 aromatic carbocycles. The van der Waals surface area contributed by atoms with E-state index in [1.807, 2.05) is 0 Å². The topological polar surface area (TPSA) is 27.0 Å². The quantitative estimate of drug-likeness (QED) is 0.518. The maximum absolute atomic E-state index is 8.34. The molecule has 1 aliphatic heterocycles. The normalized spacial score (nSPS) is 28.2. The van der Waals surface area contributed by atoms with Gasteiger partial charge in [-0.05, 0) is 25.9 Å². The third-order valence-corrected chi connectivity index (χ3v) is 1.87. The molecular weight excluding hydrogens is 112 g/mol. The highest BCUT2D eigenvalue weighted by Crippen LogP contribution is 2.16. The number of rotatable bonds is 1. The fraction of sp³-hybridized carbons (Fsp3) is 0.857. The molecule has 0 N–H and O–H groups in total. The van der Waals surface area contributed by atoms with Crippen molar-refractivity contribution in [1.82, 2.24) is 4.90 Å². The summed E-state index contributed by atoms with van der Waals surface area (Å²) >= 11 is 0. The van der Waals surface area contributed by atoms with Gasteiger partial charge in [-0.3, -0.25) is 0 Å². The van der Waals surface area contributed by atoms with E-state index in [-0.39, 0.29) is 0 Å². The zero-order valence-corrected chi connectivity index (χ0v) is 5.80. The van der Waals surface area contributed by atoms with Gasteiger partial charge in [-0.2, -0.15) is 5.26 Å². The van der Waals surface area contributed by atoms with Crippen LogP contribution in [0.3, 0.4) is 0 Å². The molecular formula is C7H12N2. The second kappa shape index (κ2) is 2.84. The summed E-state index contributed by atoms with van der Waals surface area (Å²) in [6.45, 7) is 2.29. The minimum Gasteiger partial charge on any atom is -0.306 e. The molecule has 0 radical (unpaired) electrons. The number of nitrogens with zero attached hydrogens (tertiary/aromatic N) is 2. The van der Waals surface area contributed by atoms with Gasteiger partial charge in [-0.1, -0.05) is 0 Å². The van der Waals surface area contributed by atoms with Crippen LogP contribution >= 0.6 is 0 Å². The van der Waals surface area contributed by atoms with E-state index in [1.54, 1.807) is 0 Å². The summed E-state index contributed by atoms with van der Waals surface area (Å²) < 4.78 is 0. The Morgan fingerprint density at radius 1 is 1.78 bits per heavy atom. The number of likely N-dealkylation sites (tertiary alicyclic amines) is 1. The van der Waals surface area contributed by atoms with Crippen molar-refractivity contribution < 1.29 is 0 Å². The number of hydrogen-bond acceptors (Lipinski definition) is 2. The molecule has 1 rings (SSSR count). The third kappa shape index (κ3) is 1.69. The first kappa shape index (κ1) is 6.57. The Bertz CT molecular complexity index is 125. The first-order chi connectivity index (χ1) is 4.33. The van der Waals surface area contributed by atoms with Crippen LogP contribution < -0.4 is 0 Å². The Balaban J connectivity index is 2.24.